The van der Waals surface area contributed by atoms with Crippen molar-refractivity contribution in [1.82, 2.24) is 10.2 Å². The molecule has 3 rings (SSSR count). The van der Waals surface area contributed by atoms with Crippen LogP contribution in [0.1, 0.15) is 40.2 Å². The monoisotopic (exact) mass is 454 g/mol. The van der Waals surface area contributed by atoms with Crippen LogP contribution in [0.15, 0.2) is 34.7 Å². The van der Waals surface area contributed by atoms with Crippen LogP contribution >= 0.6 is 0 Å². The van der Waals surface area contributed by atoms with Gasteiger partial charge in [0.1, 0.15) is 0 Å². The van der Waals surface area contributed by atoms with E-state index in [4.69, 9.17) is 23.4 Å². The lowest BCUT2D eigenvalue weighted by atomic mass is 9.99. The lowest BCUT2D eigenvalue weighted by molar-refractivity contribution is -0.145. The Labute approximate surface area is 191 Å². The van der Waals surface area contributed by atoms with Crippen LogP contribution in [-0.4, -0.2) is 43.3 Å². The van der Waals surface area contributed by atoms with Gasteiger partial charge in [-0.2, -0.15) is 0 Å². The molecule has 0 aliphatic heterocycles. The van der Waals surface area contributed by atoms with Crippen LogP contribution in [-0.2, 0) is 16.1 Å². The SMILES string of the molecule is COc1cc(-c2nnc(COC(=O)CCC(=O)c3cc(C)ccc3C)o2)cc(OC)c1OC. The number of benzene rings is 2. The number of methoxy groups -OCH3 is 3. The molecular formula is C24H26N2O7. The van der Waals surface area contributed by atoms with Crippen molar-refractivity contribution in [3.63, 3.8) is 0 Å². The highest BCUT2D eigenvalue weighted by Gasteiger charge is 2.18. The van der Waals surface area contributed by atoms with Gasteiger partial charge in [-0.1, -0.05) is 17.7 Å². The number of nitrogens with zero attached hydrogens (tertiary/aromatic N) is 2. The molecular weight excluding hydrogens is 428 g/mol. The molecule has 174 valence electrons. The molecule has 0 N–H and O–H groups in total. The first-order valence-electron chi connectivity index (χ1n) is 10.2. The zero-order valence-electron chi connectivity index (χ0n) is 19.3. The van der Waals surface area contributed by atoms with Crippen molar-refractivity contribution >= 4 is 11.8 Å². The van der Waals surface area contributed by atoms with E-state index in [0.717, 1.165) is 11.1 Å². The van der Waals surface area contributed by atoms with Crippen molar-refractivity contribution in [3.8, 4) is 28.7 Å². The van der Waals surface area contributed by atoms with Crippen LogP contribution in [0, 0.1) is 13.8 Å². The topological polar surface area (TPSA) is 110 Å². The maximum Gasteiger partial charge on any atom is 0.306 e. The normalized spacial score (nSPS) is 10.6. The molecule has 33 heavy (non-hydrogen) atoms. The fraction of sp³-hybridized carbons (Fsp3) is 0.333. The van der Waals surface area contributed by atoms with E-state index in [-0.39, 0.29) is 37.0 Å². The standard InChI is InChI=1S/C24H26N2O7/c1-14-6-7-15(2)17(10-14)18(27)8-9-22(28)32-13-21-25-26-24(33-21)16-11-19(29-3)23(31-5)20(12-16)30-4/h6-7,10-12H,8-9,13H2,1-5H3. The Kier molecular flexibility index (Phi) is 7.66. The molecule has 1 aromatic heterocycles. The lowest BCUT2D eigenvalue weighted by Gasteiger charge is -2.12. The Morgan fingerprint density at radius 2 is 1.61 bits per heavy atom. The van der Waals surface area contributed by atoms with Crippen LogP contribution < -0.4 is 14.2 Å². The number of hydrogen-bond donors (Lipinski definition) is 0. The van der Waals surface area contributed by atoms with Crippen molar-refractivity contribution in [1.29, 1.82) is 0 Å². The second-order valence-corrected chi connectivity index (χ2v) is 7.32. The molecule has 1 heterocycles. The van der Waals surface area contributed by atoms with Crippen LogP contribution in [0.25, 0.3) is 11.5 Å². The van der Waals surface area contributed by atoms with Gasteiger partial charge in [-0.15, -0.1) is 10.2 Å². The molecule has 0 saturated carbocycles. The van der Waals surface area contributed by atoms with Gasteiger partial charge in [0, 0.05) is 17.5 Å². The van der Waals surface area contributed by atoms with E-state index in [9.17, 15) is 9.59 Å². The summed E-state index contributed by atoms with van der Waals surface area (Å²) in [7, 11) is 4.52. The zero-order valence-corrected chi connectivity index (χ0v) is 19.3. The number of aryl methyl sites for hydroxylation is 2. The van der Waals surface area contributed by atoms with Crippen LogP contribution in [0.3, 0.4) is 0 Å². The van der Waals surface area contributed by atoms with Crippen molar-refractivity contribution in [2.45, 2.75) is 33.3 Å². The summed E-state index contributed by atoms with van der Waals surface area (Å²) in [5.74, 6) is 1.00. The highest BCUT2D eigenvalue weighted by Crippen LogP contribution is 2.40. The summed E-state index contributed by atoms with van der Waals surface area (Å²) in [4.78, 5) is 24.5. The summed E-state index contributed by atoms with van der Waals surface area (Å²) in [5, 5.41) is 7.90. The Balaban J connectivity index is 1.59. The van der Waals surface area contributed by atoms with Gasteiger partial charge in [0.05, 0.1) is 27.8 Å². The van der Waals surface area contributed by atoms with Crippen molar-refractivity contribution < 1.29 is 33.0 Å². The van der Waals surface area contributed by atoms with Gasteiger partial charge in [-0.05, 0) is 37.6 Å². The minimum atomic E-state index is -0.527. The lowest BCUT2D eigenvalue weighted by Crippen LogP contribution is -2.09. The third-order valence-electron chi connectivity index (χ3n) is 4.98. The predicted molar refractivity (Wildman–Crippen MR) is 119 cm³/mol. The van der Waals surface area contributed by atoms with E-state index < -0.39 is 5.97 Å². The van der Waals surface area contributed by atoms with E-state index in [1.54, 1.807) is 12.1 Å². The molecule has 9 heteroatoms. The first-order chi connectivity index (χ1) is 15.9. The largest absolute Gasteiger partial charge is 0.493 e. The Hall–Kier alpha value is -3.88. The molecule has 0 aliphatic carbocycles. The molecule has 0 unspecified atom stereocenters. The van der Waals surface area contributed by atoms with Crippen LogP contribution in [0.2, 0.25) is 0 Å². The Morgan fingerprint density at radius 3 is 2.24 bits per heavy atom. The second kappa shape index (κ2) is 10.6. The molecule has 9 nitrogen and oxygen atoms in total. The first-order valence-corrected chi connectivity index (χ1v) is 10.2. The molecule has 0 spiro atoms. The molecule has 0 amide bonds. The summed E-state index contributed by atoms with van der Waals surface area (Å²) in [6, 6.07) is 9.00. The van der Waals surface area contributed by atoms with Gasteiger partial charge in [0.2, 0.25) is 11.6 Å². The summed E-state index contributed by atoms with van der Waals surface area (Å²) in [6.07, 6.45) is 0.0176. The Bertz CT molecular complexity index is 1130. The molecule has 0 saturated heterocycles. The summed E-state index contributed by atoms with van der Waals surface area (Å²) in [6.45, 7) is 3.58. The smallest absolute Gasteiger partial charge is 0.306 e. The maximum absolute atomic E-state index is 12.4. The van der Waals surface area contributed by atoms with Crippen molar-refractivity contribution in [2.75, 3.05) is 21.3 Å². The highest BCUT2D eigenvalue weighted by molar-refractivity contribution is 5.98. The van der Waals surface area contributed by atoms with E-state index in [1.165, 1.54) is 21.3 Å². The molecule has 0 radical (unpaired) electrons. The fourth-order valence-corrected chi connectivity index (χ4v) is 3.23. The first kappa shape index (κ1) is 23.8. The van der Waals surface area contributed by atoms with Gasteiger partial charge in [0.25, 0.3) is 5.89 Å². The fourth-order valence-electron chi connectivity index (χ4n) is 3.23. The molecule has 3 aromatic rings. The Morgan fingerprint density at radius 1 is 0.909 bits per heavy atom. The number of Topliss-reactive ketones (excluding diaryl/α,β-unsaturated/α-hetero) is 1. The van der Waals surface area contributed by atoms with Gasteiger partial charge in [-0.3, -0.25) is 9.59 Å². The van der Waals surface area contributed by atoms with Gasteiger partial charge in [0.15, 0.2) is 23.9 Å². The van der Waals surface area contributed by atoms with Gasteiger partial charge in [-0.25, -0.2) is 0 Å². The van der Waals surface area contributed by atoms with Crippen LogP contribution in [0.4, 0.5) is 0 Å². The highest BCUT2D eigenvalue weighted by atomic mass is 16.5. The van der Waals surface area contributed by atoms with Crippen molar-refractivity contribution in [3.05, 3.63) is 52.9 Å². The molecule has 0 bridgehead atoms. The van der Waals surface area contributed by atoms with E-state index in [2.05, 4.69) is 10.2 Å². The van der Waals surface area contributed by atoms with E-state index in [0.29, 0.717) is 28.4 Å². The third-order valence-corrected chi connectivity index (χ3v) is 4.98. The average molecular weight is 454 g/mol. The number of ether oxygens (including phenoxy) is 4. The quantitative estimate of drug-likeness (QED) is 0.330. The number of hydrogen-bond acceptors (Lipinski definition) is 9. The molecule has 0 atom stereocenters. The summed E-state index contributed by atoms with van der Waals surface area (Å²) >= 11 is 0. The summed E-state index contributed by atoms with van der Waals surface area (Å²) < 4.78 is 26.7. The third kappa shape index (κ3) is 5.68. The molecule has 2 aromatic carbocycles. The van der Waals surface area contributed by atoms with Crippen molar-refractivity contribution in [2.24, 2.45) is 0 Å². The molecule has 0 fully saturated rings. The van der Waals surface area contributed by atoms with Gasteiger partial charge >= 0.3 is 5.97 Å². The van der Waals surface area contributed by atoms with E-state index in [1.807, 2.05) is 32.0 Å². The number of carbonyl (C=O) groups excluding carboxylic acids is 2. The number of carbonyl (C=O) groups is 2. The van der Waals surface area contributed by atoms with E-state index >= 15 is 0 Å². The van der Waals surface area contributed by atoms with Crippen LogP contribution in [0.5, 0.6) is 17.2 Å². The predicted octanol–water partition coefficient (Wildman–Crippen LogP) is 4.09. The number of ketones is 1. The maximum atomic E-state index is 12.4. The minimum absolute atomic E-state index is 0.0416. The van der Waals surface area contributed by atoms with Gasteiger partial charge < -0.3 is 23.4 Å². The number of aromatic nitrogens is 2. The summed E-state index contributed by atoms with van der Waals surface area (Å²) in [5.41, 5.74) is 3.04. The molecule has 0 aliphatic rings. The zero-order chi connectivity index (χ0) is 24.0. The number of rotatable bonds is 10. The minimum Gasteiger partial charge on any atom is -0.493 e. The second-order valence-electron chi connectivity index (χ2n) is 7.32. The average Bonchev–Trinajstić information content (AvgIpc) is 3.30. The number of esters is 1.